The summed E-state index contributed by atoms with van der Waals surface area (Å²) in [5.74, 6) is -4.03. The zero-order valence-electron chi connectivity index (χ0n) is 25.5. The Morgan fingerprint density at radius 1 is 1.16 bits per heavy atom. The monoisotopic (exact) mass is 644 g/mol. The quantitative estimate of drug-likeness (QED) is 0.131. The number of anilines is 1. The number of amides is 4. The highest BCUT2D eigenvalue weighted by Gasteiger charge is 2.33. The SMILES string of the molecule is C[SiH](C)CCOCn1cc(C(=O)NNC(=O)C2CCC2)c2c(Oc3c(F)cc(NC(=O)NCC4(C)COC4)cc3F)ccnc21. The maximum absolute atomic E-state index is 15.2. The van der Waals surface area contributed by atoms with E-state index in [2.05, 4.69) is 39.6 Å². The number of ether oxygens (including phenoxy) is 3. The number of pyridine rings is 1. The van der Waals surface area contributed by atoms with Crippen molar-refractivity contribution in [1.29, 1.82) is 0 Å². The van der Waals surface area contributed by atoms with Crippen LogP contribution >= 0.6 is 0 Å². The maximum atomic E-state index is 15.2. The summed E-state index contributed by atoms with van der Waals surface area (Å²) in [5, 5.41) is 5.27. The minimum atomic E-state index is -1.08. The Morgan fingerprint density at radius 3 is 2.51 bits per heavy atom. The third-order valence-electron chi connectivity index (χ3n) is 7.85. The van der Waals surface area contributed by atoms with Gasteiger partial charge in [-0.3, -0.25) is 20.4 Å². The summed E-state index contributed by atoms with van der Waals surface area (Å²) in [7, 11) is -0.839. The van der Waals surface area contributed by atoms with Gasteiger partial charge in [0.15, 0.2) is 17.4 Å². The molecule has 0 unspecified atom stereocenters. The standard InChI is InChI=1S/C30H38F2N6O6Si/c1-30(15-43-16-30)14-34-29(41)35-19-11-21(31)25(22(32)12-19)44-23-7-8-33-26-24(23)20(13-38(26)17-42-9-10-45(2)3)28(40)37-36-27(39)18-5-4-6-18/h7-8,11-13,18,45H,4-6,9-10,14-17H2,1-3H3,(H,36,39)(H,37,40)(H2,34,35,41). The fourth-order valence-electron chi connectivity index (χ4n) is 4.84. The van der Waals surface area contributed by atoms with Gasteiger partial charge in [0.1, 0.15) is 18.1 Å². The molecule has 1 aromatic carbocycles. The van der Waals surface area contributed by atoms with E-state index in [1.54, 1.807) is 4.57 Å². The first kappa shape index (κ1) is 32.3. The van der Waals surface area contributed by atoms with Crippen LogP contribution in [-0.2, 0) is 21.0 Å². The first-order valence-electron chi connectivity index (χ1n) is 15.0. The molecule has 1 aliphatic heterocycles. The summed E-state index contributed by atoms with van der Waals surface area (Å²) < 4.78 is 48.8. The zero-order valence-corrected chi connectivity index (χ0v) is 26.7. The molecule has 15 heteroatoms. The van der Waals surface area contributed by atoms with E-state index >= 15 is 8.78 Å². The van der Waals surface area contributed by atoms with E-state index < -0.39 is 38.1 Å². The Hall–Kier alpha value is -4.08. The molecular weight excluding hydrogens is 606 g/mol. The topological polar surface area (TPSA) is 145 Å². The molecule has 0 atom stereocenters. The van der Waals surface area contributed by atoms with Crippen LogP contribution in [0.15, 0.2) is 30.6 Å². The summed E-state index contributed by atoms with van der Waals surface area (Å²) in [5.41, 5.74) is 4.94. The predicted octanol–water partition coefficient (Wildman–Crippen LogP) is 4.29. The van der Waals surface area contributed by atoms with Gasteiger partial charge in [-0.15, -0.1) is 0 Å². The van der Waals surface area contributed by atoms with Crippen molar-refractivity contribution < 1.29 is 37.4 Å². The molecule has 45 heavy (non-hydrogen) atoms. The van der Waals surface area contributed by atoms with Gasteiger partial charge in [-0.1, -0.05) is 26.4 Å². The van der Waals surface area contributed by atoms with Crippen LogP contribution in [0.5, 0.6) is 11.5 Å². The normalized spacial score (nSPS) is 15.7. The van der Waals surface area contributed by atoms with Gasteiger partial charge in [0.2, 0.25) is 5.91 Å². The Balaban J connectivity index is 1.37. The number of aromatic nitrogens is 2. The van der Waals surface area contributed by atoms with Crippen molar-refractivity contribution >= 4 is 43.4 Å². The van der Waals surface area contributed by atoms with E-state index in [4.69, 9.17) is 14.2 Å². The number of hydrogen-bond donors (Lipinski definition) is 4. The average Bonchev–Trinajstić information content (AvgIpc) is 3.32. The second-order valence-electron chi connectivity index (χ2n) is 12.3. The Labute approximate surface area is 260 Å². The molecule has 5 rings (SSSR count). The van der Waals surface area contributed by atoms with Gasteiger partial charge in [0.05, 0.1) is 24.2 Å². The Morgan fingerprint density at radius 2 is 1.89 bits per heavy atom. The fourth-order valence-corrected chi connectivity index (χ4v) is 5.48. The minimum absolute atomic E-state index is 0.0454. The van der Waals surface area contributed by atoms with Crippen LogP contribution in [-0.4, -0.2) is 62.6 Å². The Kier molecular flexibility index (Phi) is 9.99. The molecule has 0 radical (unpaired) electrons. The third kappa shape index (κ3) is 7.77. The lowest BCUT2D eigenvalue weighted by molar-refractivity contribution is -0.128. The van der Waals surface area contributed by atoms with Gasteiger partial charge < -0.3 is 29.4 Å². The summed E-state index contributed by atoms with van der Waals surface area (Å²) in [6.07, 6.45) is 5.35. The van der Waals surface area contributed by atoms with Crippen LogP contribution < -0.4 is 26.2 Å². The summed E-state index contributed by atoms with van der Waals surface area (Å²) in [6.45, 7) is 8.35. The van der Waals surface area contributed by atoms with Crippen LogP contribution in [0.25, 0.3) is 11.0 Å². The molecule has 3 heterocycles. The lowest BCUT2D eigenvalue weighted by atomic mass is 9.85. The molecular formula is C30H38F2N6O6Si. The molecule has 1 saturated carbocycles. The summed E-state index contributed by atoms with van der Waals surface area (Å²) in [4.78, 5) is 42.3. The lowest BCUT2D eigenvalue weighted by Crippen LogP contribution is -2.49. The van der Waals surface area contributed by atoms with Crippen molar-refractivity contribution in [2.45, 2.75) is 52.1 Å². The van der Waals surface area contributed by atoms with E-state index in [1.165, 1.54) is 18.5 Å². The number of urea groups is 1. The largest absolute Gasteiger partial charge is 0.450 e. The third-order valence-corrected chi connectivity index (χ3v) is 9.24. The molecule has 2 fully saturated rings. The molecule has 2 aromatic heterocycles. The van der Waals surface area contributed by atoms with Gasteiger partial charge in [-0.2, -0.15) is 0 Å². The van der Waals surface area contributed by atoms with E-state index in [9.17, 15) is 14.4 Å². The number of rotatable bonds is 12. The fraction of sp³-hybridized carbons (Fsp3) is 0.467. The zero-order chi connectivity index (χ0) is 32.1. The van der Waals surface area contributed by atoms with Crippen molar-refractivity contribution in [2.75, 3.05) is 31.7 Å². The van der Waals surface area contributed by atoms with Crippen molar-refractivity contribution in [2.24, 2.45) is 11.3 Å². The smallest absolute Gasteiger partial charge is 0.319 e. The number of halogens is 2. The average molecular weight is 645 g/mol. The molecule has 0 spiro atoms. The highest BCUT2D eigenvalue weighted by atomic mass is 28.3. The molecule has 1 saturated heterocycles. The molecule has 4 N–H and O–H groups in total. The molecule has 3 aromatic rings. The maximum Gasteiger partial charge on any atom is 0.319 e. The van der Waals surface area contributed by atoms with Crippen molar-refractivity contribution in [3.05, 3.63) is 47.8 Å². The van der Waals surface area contributed by atoms with Gasteiger partial charge in [-0.05, 0) is 25.0 Å². The minimum Gasteiger partial charge on any atom is -0.450 e. The highest BCUT2D eigenvalue weighted by molar-refractivity contribution is 6.55. The van der Waals surface area contributed by atoms with Crippen molar-refractivity contribution in [3.63, 3.8) is 0 Å². The first-order valence-corrected chi connectivity index (χ1v) is 18.1. The van der Waals surface area contributed by atoms with Crippen molar-refractivity contribution in [1.82, 2.24) is 25.7 Å². The van der Waals surface area contributed by atoms with E-state index in [1.807, 2.05) is 6.92 Å². The van der Waals surface area contributed by atoms with Crippen LogP contribution in [0.4, 0.5) is 19.3 Å². The first-order chi connectivity index (χ1) is 21.5. The molecule has 242 valence electrons. The van der Waals surface area contributed by atoms with Crippen LogP contribution in [0.3, 0.4) is 0 Å². The van der Waals surface area contributed by atoms with Gasteiger partial charge >= 0.3 is 6.03 Å². The van der Waals surface area contributed by atoms with E-state index in [-0.39, 0.29) is 52.0 Å². The number of nitrogens with zero attached hydrogens (tertiary/aromatic N) is 2. The number of benzene rings is 1. The highest BCUT2D eigenvalue weighted by Crippen LogP contribution is 2.36. The van der Waals surface area contributed by atoms with Crippen LogP contribution in [0, 0.1) is 23.0 Å². The van der Waals surface area contributed by atoms with Crippen LogP contribution in [0.2, 0.25) is 19.1 Å². The number of hydrazine groups is 1. The predicted molar refractivity (Wildman–Crippen MR) is 165 cm³/mol. The molecule has 1 aliphatic carbocycles. The number of nitrogens with one attached hydrogen (secondary N) is 4. The van der Waals surface area contributed by atoms with Crippen molar-refractivity contribution in [3.8, 4) is 11.5 Å². The molecule has 0 bridgehead atoms. The number of fused-ring (bicyclic) bond motifs is 1. The van der Waals surface area contributed by atoms with E-state index in [0.29, 0.717) is 26.4 Å². The lowest BCUT2D eigenvalue weighted by Gasteiger charge is -2.37. The number of carbonyl (C=O) groups excluding carboxylic acids is 3. The molecule has 12 nitrogen and oxygen atoms in total. The van der Waals surface area contributed by atoms with Gasteiger partial charge in [0, 0.05) is 63.5 Å². The van der Waals surface area contributed by atoms with Crippen LogP contribution in [0.1, 0.15) is 36.5 Å². The summed E-state index contributed by atoms with van der Waals surface area (Å²) in [6, 6.07) is 3.59. The van der Waals surface area contributed by atoms with Gasteiger partial charge in [0.25, 0.3) is 5.91 Å². The number of carbonyl (C=O) groups is 3. The molecule has 2 aliphatic rings. The summed E-state index contributed by atoms with van der Waals surface area (Å²) >= 11 is 0. The second kappa shape index (κ2) is 13.9. The second-order valence-corrected chi connectivity index (χ2v) is 15.7. The Bertz CT molecular complexity index is 1550. The molecule has 4 amide bonds. The number of hydrogen-bond acceptors (Lipinski definition) is 7. The van der Waals surface area contributed by atoms with Gasteiger partial charge in [-0.25, -0.2) is 18.6 Å². The van der Waals surface area contributed by atoms with E-state index in [0.717, 1.165) is 37.4 Å².